The first-order chi connectivity index (χ1) is 30.0. The van der Waals surface area contributed by atoms with Gasteiger partial charge in [-0.3, -0.25) is 0 Å². The van der Waals surface area contributed by atoms with Gasteiger partial charge >= 0.3 is 0 Å². The van der Waals surface area contributed by atoms with Crippen LogP contribution >= 0.6 is 23.1 Å². The number of allylic oxidation sites excluding steroid dienone is 4. The number of anilines is 3. The number of thiophene rings is 1. The third kappa shape index (κ3) is 5.22. The smallest absolute Gasteiger partial charge is 0.159 e. The number of hydrogen-bond acceptors (Lipinski definition) is 4. The van der Waals surface area contributed by atoms with Gasteiger partial charge in [-0.25, -0.2) is 0 Å². The Morgan fingerprint density at radius 2 is 1.33 bits per heavy atom. The van der Waals surface area contributed by atoms with Crippen molar-refractivity contribution in [3.05, 3.63) is 197 Å². The summed E-state index contributed by atoms with van der Waals surface area (Å²) in [6, 6.07) is 52.1. The third-order valence-corrected chi connectivity index (χ3v) is 16.4. The molecular weight excluding hydrogens is 779 g/mol. The summed E-state index contributed by atoms with van der Waals surface area (Å²) < 4.78 is 8.59. The lowest BCUT2D eigenvalue weighted by molar-refractivity contribution is 0.653. The standard InChI is InChI=1S/C57H41NOS2/c1-57(2)47-20-6-3-14-46(47)52-48(57)33-32-43-42-17-11-21-49(53(42)59-54(43)52)58(36-28-24-34(25-29-36)38-15-9-18-44-40-12-4-7-22-50(40)60-55(38)44)37-30-26-35(27-31-37)39-16-10-19-45-41-13-5-8-23-51(41)61-56(39)45/h3-7,9-22,24-33,40,50H,8,23H2,1-2H3. The average molecular weight is 820 g/mol. The molecule has 0 fully saturated rings. The van der Waals surface area contributed by atoms with Crippen LogP contribution in [0.5, 0.6) is 0 Å². The summed E-state index contributed by atoms with van der Waals surface area (Å²) >= 11 is 3.96. The molecule has 13 rings (SSSR count). The number of hydrogen-bond donors (Lipinski definition) is 0. The largest absolute Gasteiger partial charge is 0.453 e. The molecule has 2 unspecified atom stereocenters. The summed E-state index contributed by atoms with van der Waals surface area (Å²) in [5.41, 5.74) is 18.0. The van der Waals surface area contributed by atoms with E-state index >= 15 is 0 Å². The van der Waals surface area contributed by atoms with E-state index in [2.05, 4.69) is 195 Å². The lowest BCUT2D eigenvalue weighted by Gasteiger charge is -2.26. The molecular formula is C57H41NOS2. The third-order valence-electron chi connectivity index (χ3n) is 13.7. The summed E-state index contributed by atoms with van der Waals surface area (Å²) in [6.45, 7) is 4.67. The van der Waals surface area contributed by atoms with Gasteiger partial charge in [0.2, 0.25) is 0 Å². The van der Waals surface area contributed by atoms with Crippen LogP contribution in [0.25, 0.3) is 71.5 Å². The second-order valence-electron chi connectivity index (χ2n) is 17.4. The highest BCUT2D eigenvalue weighted by Gasteiger charge is 2.38. The van der Waals surface area contributed by atoms with Crippen LogP contribution in [0.1, 0.15) is 53.3 Å². The van der Waals surface area contributed by atoms with Crippen LogP contribution in [0, 0.1) is 0 Å². The molecule has 0 amide bonds. The predicted molar refractivity (Wildman–Crippen MR) is 260 cm³/mol. The highest BCUT2D eigenvalue weighted by atomic mass is 32.2. The first-order valence-corrected chi connectivity index (χ1v) is 23.2. The van der Waals surface area contributed by atoms with E-state index in [1.807, 2.05) is 23.1 Å². The number of para-hydroxylation sites is 1. The molecule has 9 aromatic rings. The zero-order chi connectivity index (χ0) is 40.4. The van der Waals surface area contributed by atoms with Gasteiger partial charge in [0, 0.05) is 64.2 Å². The second kappa shape index (κ2) is 13.3. The maximum Gasteiger partial charge on any atom is 0.159 e. The maximum atomic E-state index is 7.21. The van der Waals surface area contributed by atoms with Gasteiger partial charge in [-0.2, -0.15) is 0 Å². The van der Waals surface area contributed by atoms with E-state index < -0.39 is 0 Å². The van der Waals surface area contributed by atoms with Crippen molar-refractivity contribution >= 4 is 78.3 Å². The van der Waals surface area contributed by atoms with Gasteiger partial charge in [0.1, 0.15) is 5.58 Å². The monoisotopic (exact) mass is 819 g/mol. The summed E-state index contributed by atoms with van der Waals surface area (Å²) in [5.74, 6) is 0.432. The first-order valence-electron chi connectivity index (χ1n) is 21.5. The van der Waals surface area contributed by atoms with Crippen molar-refractivity contribution in [2.24, 2.45) is 0 Å². The quantitative estimate of drug-likeness (QED) is 0.172. The minimum absolute atomic E-state index is 0.107. The minimum atomic E-state index is -0.107. The van der Waals surface area contributed by atoms with Gasteiger partial charge in [0.15, 0.2) is 5.58 Å². The maximum absolute atomic E-state index is 7.21. The summed E-state index contributed by atoms with van der Waals surface area (Å²) in [6.07, 6.45) is 16.0. The Morgan fingerprint density at radius 1 is 0.623 bits per heavy atom. The van der Waals surface area contributed by atoms with E-state index in [-0.39, 0.29) is 5.41 Å². The molecule has 292 valence electrons. The lowest BCUT2D eigenvalue weighted by Crippen LogP contribution is -2.14. The molecule has 0 spiro atoms. The fraction of sp³-hybridized carbons (Fsp3) is 0.123. The molecule has 3 heterocycles. The van der Waals surface area contributed by atoms with Gasteiger partial charge in [0.25, 0.3) is 0 Å². The Morgan fingerprint density at radius 3 is 2.18 bits per heavy atom. The SMILES string of the molecule is CC1(C)c2ccccc2-c2c1ccc1c2oc2c(N(c3ccc(-c4cccc5c4SC4C=CC=CC54)cc3)c3ccc(-c4cccc5c6c(sc45)CCC=C6)cc3)cccc21. The van der Waals surface area contributed by atoms with Crippen LogP contribution in [0.2, 0.25) is 0 Å². The van der Waals surface area contributed by atoms with Crippen LogP contribution < -0.4 is 4.90 Å². The van der Waals surface area contributed by atoms with Crippen LogP contribution in [-0.2, 0) is 11.8 Å². The van der Waals surface area contributed by atoms with Crippen LogP contribution in [-0.4, -0.2) is 5.25 Å². The minimum Gasteiger partial charge on any atom is -0.453 e. The van der Waals surface area contributed by atoms with Crippen molar-refractivity contribution in [1.82, 2.24) is 0 Å². The van der Waals surface area contributed by atoms with Gasteiger partial charge < -0.3 is 9.32 Å². The summed E-state index contributed by atoms with van der Waals surface area (Å²) in [4.78, 5) is 5.29. The van der Waals surface area contributed by atoms with Crippen molar-refractivity contribution in [1.29, 1.82) is 0 Å². The van der Waals surface area contributed by atoms with Crippen molar-refractivity contribution in [3.63, 3.8) is 0 Å². The Balaban J connectivity index is 0.968. The number of fused-ring (bicyclic) bond motifs is 13. The van der Waals surface area contributed by atoms with Crippen molar-refractivity contribution in [3.8, 4) is 33.4 Å². The zero-order valence-corrected chi connectivity index (χ0v) is 35.6. The predicted octanol–water partition coefficient (Wildman–Crippen LogP) is 16.6. The Labute approximate surface area is 364 Å². The van der Waals surface area contributed by atoms with Crippen molar-refractivity contribution < 1.29 is 4.42 Å². The average Bonchev–Trinajstić information content (AvgIpc) is 4.06. The molecule has 0 radical (unpaired) electrons. The highest BCUT2D eigenvalue weighted by molar-refractivity contribution is 8.00. The van der Waals surface area contributed by atoms with Gasteiger partial charge in [-0.15, -0.1) is 23.1 Å². The Kier molecular flexibility index (Phi) is 7.74. The fourth-order valence-electron chi connectivity index (χ4n) is 10.7. The summed E-state index contributed by atoms with van der Waals surface area (Å²) in [7, 11) is 0. The van der Waals surface area contributed by atoms with E-state index in [1.165, 1.54) is 75.5 Å². The number of nitrogens with zero attached hydrogens (tertiary/aromatic N) is 1. The van der Waals surface area contributed by atoms with Crippen molar-refractivity contribution in [2.75, 3.05) is 4.90 Å². The highest BCUT2D eigenvalue weighted by Crippen LogP contribution is 2.55. The normalized spacial score (nSPS) is 17.7. The fourth-order valence-corrected chi connectivity index (χ4v) is 13.5. The molecule has 3 aliphatic carbocycles. The second-order valence-corrected chi connectivity index (χ2v) is 19.7. The Bertz CT molecular complexity index is 3370. The number of aryl methyl sites for hydroxylation is 1. The van der Waals surface area contributed by atoms with Crippen LogP contribution in [0.4, 0.5) is 17.1 Å². The molecule has 0 N–H and O–H groups in total. The molecule has 61 heavy (non-hydrogen) atoms. The molecule has 4 heteroatoms. The number of benzene rings is 7. The summed E-state index contributed by atoms with van der Waals surface area (Å²) in [5, 5.41) is 4.09. The van der Waals surface area contributed by atoms with E-state index in [0.717, 1.165) is 51.8 Å². The van der Waals surface area contributed by atoms with Crippen LogP contribution in [0.3, 0.4) is 0 Å². The molecule has 2 nitrogen and oxygen atoms in total. The number of furan rings is 1. The topological polar surface area (TPSA) is 16.4 Å². The lowest BCUT2D eigenvalue weighted by atomic mass is 9.82. The Hall–Kier alpha value is -6.33. The van der Waals surface area contributed by atoms with Gasteiger partial charge in [-0.1, -0.05) is 159 Å². The van der Waals surface area contributed by atoms with Gasteiger partial charge in [0.05, 0.1) is 5.69 Å². The number of thioether (sulfide) groups is 1. The van der Waals surface area contributed by atoms with E-state index in [9.17, 15) is 0 Å². The molecule has 7 aromatic carbocycles. The molecule has 4 aliphatic rings. The molecule has 0 saturated heterocycles. The molecule has 2 atom stereocenters. The molecule has 0 bridgehead atoms. The molecule has 0 saturated carbocycles. The van der Waals surface area contributed by atoms with E-state index in [4.69, 9.17) is 4.42 Å². The van der Waals surface area contributed by atoms with Gasteiger partial charge in [-0.05, 0) is 93.2 Å². The molecule has 1 aliphatic heterocycles. The molecule has 2 aromatic heterocycles. The van der Waals surface area contributed by atoms with E-state index in [0.29, 0.717) is 11.2 Å². The number of rotatable bonds is 5. The zero-order valence-electron chi connectivity index (χ0n) is 34.0. The van der Waals surface area contributed by atoms with Crippen LogP contribution in [0.15, 0.2) is 179 Å². The van der Waals surface area contributed by atoms with Crippen molar-refractivity contribution in [2.45, 2.75) is 48.2 Å². The van der Waals surface area contributed by atoms with E-state index in [1.54, 1.807) is 0 Å². The first kappa shape index (κ1) is 35.4.